The predicted octanol–water partition coefficient (Wildman–Crippen LogP) is 1.99. The van der Waals surface area contributed by atoms with Gasteiger partial charge in [-0.25, -0.2) is 4.98 Å². The lowest BCUT2D eigenvalue weighted by atomic mass is 10.1. The lowest BCUT2D eigenvalue weighted by molar-refractivity contribution is -0.129. The lowest BCUT2D eigenvalue weighted by Crippen LogP contribution is -2.48. The zero-order valence-electron chi connectivity index (χ0n) is 15.2. The number of rotatable bonds is 4. The molecule has 1 N–H and O–H groups in total. The van der Waals surface area contributed by atoms with E-state index in [9.17, 15) is 9.59 Å². The molecular weight excluding hydrogens is 328 g/mol. The summed E-state index contributed by atoms with van der Waals surface area (Å²) in [6, 6.07) is 11.7. The van der Waals surface area contributed by atoms with E-state index in [1.807, 2.05) is 36.1 Å². The molecule has 6 nitrogen and oxygen atoms in total. The van der Waals surface area contributed by atoms with Crippen molar-refractivity contribution < 1.29 is 9.59 Å². The summed E-state index contributed by atoms with van der Waals surface area (Å²) in [5.41, 5.74) is 2.79. The van der Waals surface area contributed by atoms with Gasteiger partial charge < -0.3 is 15.1 Å². The fraction of sp³-hybridized carbons (Fsp3) is 0.350. The molecule has 1 fully saturated rings. The van der Waals surface area contributed by atoms with E-state index in [2.05, 4.69) is 21.3 Å². The number of nitrogens with one attached hydrogen (secondary N) is 1. The molecule has 1 aromatic heterocycles. The third-order valence-electron chi connectivity index (χ3n) is 4.59. The summed E-state index contributed by atoms with van der Waals surface area (Å²) >= 11 is 0. The average Bonchev–Trinajstić information content (AvgIpc) is 2.66. The SMILES string of the molecule is CC(=O)N1CCN(c2ccc(C(=O)NCc3cccc(C)c3)cn2)CC1. The van der Waals surface area contributed by atoms with E-state index in [1.54, 1.807) is 19.2 Å². The number of aromatic nitrogens is 1. The minimum absolute atomic E-state index is 0.109. The lowest BCUT2D eigenvalue weighted by Gasteiger charge is -2.34. The molecule has 26 heavy (non-hydrogen) atoms. The number of benzene rings is 1. The Morgan fingerprint density at radius 1 is 1.12 bits per heavy atom. The van der Waals surface area contributed by atoms with Crippen LogP contribution >= 0.6 is 0 Å². The Labute approximate surface area is 153 Å². The van der Waals surface area contributed by atoms with Gasteiger partial charge in [0, 0.05) is 45.8 Å². The Bertz CT molecular complexity index is 781. The first-order valence-electron chi connectivity index (χ1n) is 8.83. The van der Waals surface area contributed by atoms with E-state index in [0.717, 1.165) is 24.5 Å². The Kier molecular flexibility index (Phi) is 5.51. The van der Waals surface area contributed by atoms with Gasteiger partial charge in [-0.2, -0.15) is 0 Å². The molecule has 1 aliphatic heterocycles. The molecule has 1 aromatic carbocycles. The summed E-state index contributed by atoms with van der Waals surface area (Å²) in [4.78, 5) is 32.1. The second-order valence-electron chi connectivity index (χ2n) is 6.57. The van der Waals surface area contributed by atoms with Crippen molar-refractivity contribution in [3.63, 3.8) is 0 Å². The van der Waals surface area contributed by atoms with Crippen molar-refractivity contribution in [3.8, 4) is 0 Å². The molecule has 0 saturated carbocycles. The highest BCUT2D eigenvalue weighted by atomic mass is 16.2. The molecule has 0 aliphatic carbocycles. The van der Waals surface area contributed by atoms with E-state index in [1.165, 1.54) is 5.56 Å². The van der Waals surface area contributed by atoms with Gasteiger partial charge in [-0.15, -0.1) is 0 Å². The number of anilines is 1. The molecule has 0 unspecified atom stereocenters. The van der Waals surface area contributed by atoms with Gasteiger partial charge in [0.05, 0.1) is 5.56 Å². The molecule has 1 aliphatic rings. The molecule has 2 heterocycles. The van der Waals surface area contributed by atoms with Crippen LogP contribution in [0.1, 0.15) is 28.4 Å². The Hall–Kier alpha value is -2.89. The molecule has 3 rings (SSSR count). The maximum atomic E-state index is 12.3. The number of nitrogens with zero attached hydrogens (tertiary/aromatic N) is 3. The first-order valence-corrected chi connectivity index (χ1v) is 8.83. The average molecular weight is 352 g/mol. The molecule has 0 bridgehead atoms. The van der Waals surface area contributed by atoms with Crippen molar-refractivity contribution in [2.75, 3.05) is 31.1 Å². The van der Waals surface area contributed by atoms with Crippen LogP contribution in [0.5, 0.6) is 0 Å². The first-order chi connectivity index (χ1) is 12.5. The predicted molar refractivity (Wildman–Crippen MR) is 101 cm³/mol. The number of aryl methyl sites for hydroxylation is 1. The van der Waals surface area contributed by atoms with Crippen LogP contribution < -0.4 is 10.2 Å². The van der Waals surface area contributed by atoms with Gasteiger partial charge >= 0.3 is 0 Å². The Morgan fingerprint density at radius 3 is 2.50 bits per heavy atom. The van der Waals surface area contributed by atoms with Gasteiger partial charge in [-0.05, 0) is 24.6 Å². The van der Waals surface area contributed by atoms with Crippen LogP contribution in [-0.2, 0) is 11.3 Å². The molecule has 136 valence electrons. The summed E-state index contributed by atoms with van der Waals surface area (Å²) < 4.78 is 0. The van der Waals surface area contributed by atoms with E-state index < -0.39 is 0 Å². The van der Waals surface area contributed by atoms with Crippen LogP contribution in [0.4, 0.5) is 5.82 Å². The third kappa shape index (κ3) is 4.39. The molecular formula is C20H24N4O2. The number of piperazine rings is 1. The van der Waals surface area contributed by atoms with E-state index in [0.29, 0.717) is 25.2 Å². The van der Waals surface area contributed by atoms with Crippen LogP contribution in [0.3, 0.4) is 0 Å². The van der Waals surface area contributed by atoms with Crippen molar-refractivity contribution in [2.24, 2.45) is 0 Å². The minimum Gasteiger partial charge on any atom is -0.353 e. The molecule has 2 aromatic rings. The van der Waals surface area contributed by atoms with Crippen LogP contribution in [0.15, 0.2) is 42.6 Å². The number of hydrogen-bond donors (Lipinski definition) is 1. The summed E-state index contributed by atoms with van der Waals surface area (Å²) in [6.07, 6.45) is 1.61. The van der Waals surface area contributed by atoms with Crippen molar-refractivity contribution in [1.29, 1.82) is 0 Å². The highest BCUT2D eigenvalue weighted by molar-refractivity contribution is 5.94. The fourth-order valence-electron chi connectivity index (χ4n) is 3.06. The molecule has 2 amide bonds. The van der Waals surface area contributed by atoms with E-state index in [4.69, 9.17) is 0 Å². The maximum absolute atomic E-state index is 12.3. The highest BCUT2D eigenvalue weighted by Gasteiger charge is 2.19. The van der Waals surface area contributed by atoms with Gasteiger partial charge in [0.15, 0.2) is 0 Å². The molecule has 0 spiro atoms. The summed E-state index contributed by atoms with van der Waals surface area (Å²) in [7, 11) is 0. The minimum atomic E-state index is -0.132. The number of hydrogen-bond acceptors (Lipinski definition) is 4. The monoisotopic (exact) mass is 352 g/mol. The van der Waals surface area contributed by atoms with Crippen molar-refractivity contribution >= 4 is 17.6 Å². The van der Waals surface area contributed by atoms with Crippen molar-refractivity contribution in [2.45, 2.75) is 20.4 Å². The van der Waals surface area contributed by atoms with Crippen molar-refractivity contribution in [3.05, 3.63) is 59.3 Å². The van der Waals surface area contributed by atoms with Crippen LogP contribution in [0.25, 0.3) is 0 Å². The largest absolute Gasteiger partial charge is 0.353 e. The Balaban J connectivity index is 1.55. The van der Waals surface area contributed by atoms with E-state index in [-0.39, 0.29) is 11.8 Å². The molecule has 1 saturated heterocycles. The van der Waals surface area contributed by atoms with Crippen LogP contribution in [0, 0.1) is 6.92 Å². The fourth-order valence-corrected chi connectivity index (χ4v) is 3.06. The number of amides is 2. The normalized spacial score (nSPS) is 14.2. The third-order valence-corrected chi connectivity index (χ3v) is 4.59. The summed E-state index contributed by atoms with van der Waals surface area (Å²) in [6.45, 7) is 7.04. The second-order valence-corrected chi connectivity index (χ2v) is 6.57. The van der Waals surface area contributed by atoms with Gasteiger partial charge in [0.2, 0.25) is 5.91 Å². The van der Waals surface area contributed by atoms with Crippen molar-refractivity contribution in [1.82, 2.24) is 15.2 Å². The zero-order valence-corrected chi connectivity index (χ0v) is 15.2. The van der Waals surface area contributed by atoms with Gasteiger partial charge in [0.25, 0.3) is 5.91 Å². The van der Waals surface area contributed by atoms with Crippen LogP contribution in [0.2, 0.25) is 0 Å². The zero-order chi connectivity index (χ0) is 18.5. The summed E-state index contributed by atoms with van der Waals surface area (Å²) in [5, 5.41) is 2.92. The van der Waals surface area contributed by atoms with Gasteiger partial charge in [-0.3, -0.25) is 9.59 Å². The maximum Gasteiger partial charge on any atom is 0.253 e. The molecule has 0 atom stereocenters. The van der Waals surface area contributed by atoms with E-state index >= 15 is 0 Å². The number of carbonyl (C=O) groups is 2. The first kappa shape index (κ1) is 17.9. The topological polar surface area (TPSA) is 65.5 Å². The quantitative estimate of drug-likeness (QED) is 0.914. The number of pyridine rings is 1. The highest BCUT2D eigenvalue weighted by Crippen LogP contribution is 2.14. The Morgan fingerprint density at radius 2 is 1.88 bits per heavy atom. The second kappa shape index (κ2) is 7.99. The van der Waals surface area contributed by atoms with Gasteiger partial charge in [0.1, 0.15) is 5.82 Å². The number of carbonyl (C=O) groups excluding carboxylic acids is 2. The van der Waals surface area contributed by atoms with Crippen LogP contribution in [-0.4, -0.2) is 47.9 Å². The molecule has 0 radical (unpaired) electrons. The summed E-state index contributed by atoms with van der Waals surface area (Å²) in [5.74, 6) is 0.814. The van der Waals surface area contributed by atoms with Gasteiger partial charge in [-0.1, -0.05) is 29.8 Å². The molecule has 6 heteroatoms. The smallest absolute Gasteiger partial charge is 0.253 e. The standard InChI is InChI=1S/C20H24N4O2/c1-15-4-3-5-17(12-15)13-22-20(26)18-6-7-19(21-14-18)24-10-8-23(9-11-24)16(2)25/h3-7,12,14H,8-11,13H2,1-2H3,(H,22,26).